The van der Waals surface area contributed by atoms with Crippen molar-refractivity contribution in [2.75, 3.05) is 6.61 Å². The zero-order valence-corrected chi connectivity index (χ0v) is 13.4. The lowest BCUT2D eigenvalue weighted by Crippen LogP contribution is -2.18. The van der Waals surface area contributed by atoms with Crippen LogP contribution in [0.1, 0.15) is 13.3 Å². The fourth-order valence-corrected chi connectivity index (χ4v) is 3.33. The lowest BCUT2D eigenvalue weighted by molar-refractivity contribution is 0.102. The number of benzene rings is 1. The maximum Gasteiger partial charge on any atom is 0.178 e. The van der Waals surface area contributed by atoms with E-state index in [4.69, 9.17) is 17.0 Å². The molecule has 1 aromatic carbocycles. The van der Waals surface area contributed by atoms with Gasteiger partial charge in [-0.05, 0) is 54.2 Å². The van der Waals surface area contributed by atoms with Crippen molar-refractivity contribution < 1.29 is 9.13 Å². The summed E-state index contributed by atoms with van der Waals surface area (Å²) in [6, 6.07) is 3.36. The Kier molecular flexibility index (Phi) is 3.65. The summed E-state index contributed by atoms with van der Waals surface area (Å²) in [7, 11) is 0. The average molecular weight is 392 g/mol. The van der Waals surface area contributed by atoms with Gasteiger partial charge in [0.15, 0.2) is 4.77 Å². The summed E-state index contributed by atoms with van der Waals surface area (Å²) in [5.41, 5.74) is 1.73. The topological polar surface area (TPSA) is 29.9 Å². The Balaban J connectivity index is 2.05. The minimum atomic E-state index is -0.202. The van der Waals surface area contributed by atoms with Gasteiger partial charge in [0.1, 0.15) is 5.82 Å². The van der Waals surface area contributed by atoms with Gasteiger partial charge in [-0.3, -0.25) is 0 Å². The number of imidazole rings is 1. The molecule has 2 aromatic rings. The molecular weight excluding hydrogens is 378 g/mol. The second-order valence-corrected chi connectivity index (χ2v) is 6.50. The van der Waals surface area contributed by atoms with Gasteiger partial charge in [-0.1, -0.05) is 0 Å². The van der Waals surface area contributed by atoms with Crippen LogP contribution in [-0.4, -0.2) is 22.3 Å². The van der Waals surface area contributed by atoms with Crippen molar-refractivity contribution in [3.05, 3.63) is 26.3 Å². The molecule has 0 radical (unpaired) electrons. The summed E-state index contributed by atoms with van der Waals surface area (Å²) in [6.07, 6.45) is 1.27. The molecule has 0 spiro atoms. The highest BCUT2D eigenvalue weighted by Gasteiger charge is 2.25. The van der Waals surface area contributed by atoms with Crippen LogP contribution in [0.15, 0.2) is 12.1 Å². The van der Waals surface area contributed by atoms with E-state index in [1.54, 1.807) is 12.1 Å². The molecular formula is C13H14FIN2OS. The van der Waals surface area contributed by atoms with Crippen LogP contribution < -0.4 is 0 Å². The van der Waals surface area contributed by atoms with Gasteiger partial charge in [0.05, 0.1) is 20.7 Å². The van der Waals surface area contributed by atoms with Gasteiger partial charge >= 0.3 is 0 Å². The highest BCUT2D eigenvalue weighted by atomic mass is 127. The highest BCUT2D eigenvalue weighted by Crippen LogP contribution is 2.26. The molecule has 0 amide bonds. The van der Waals surface area contributed by atoms with Gasteiger partial charge in [-0.25, -0.2) is 4.39 Å². The SMILES string of the molecule is CC1OCCC1Cn1c(=S)[nH]c2cc(I)c(F)cc21. The molecule has 1 N–H and O–H groups in total. The van der Waals surface area contributed by atoms with Crippen LogP contribution in [0.25, 0.3) is 11.0 Å². The van der Waals surface area contributed by atoms with Crippen LogP contribution in [0.4, 0.5) is 4.39 Å². The molecule has 102 valence electrons. The Labute approximate surface area is 129 Å². The number of fused-ring (bicyclic) bond motifs is 1. The predicted molar refractivity (Wildman–Crippen MR) is 83.3 cm³/mol. The molecule has 1 fully saturated rings. The van der Waals surface area contributed by atoms with Crippen LogP contribution >= 0.6 is 34.8 Å². The number of hydrogen-bond acceptors (Lipinski definition) is 2. The molecule has 19 heavy (non-hydrogen) atoms. The first kappa shape index (κ1) is 13.5. The van der Waals surface area contributed by atoms with Gasteiger partial charge in [0.25, 0.3) is 0 Å². The molecule has 0 aliphatic carbocycles. The first-order valence-corrected chi connectivity index (χ1v) is 7.74. The number of nitrogens with zero attached hydrogens (tertiary/aromatic N) is 1. The quantitative estimate of drug-likeness (QED) is 0.621. The third-order valence-corrected chi connectivity index (χ3v) is 4.92. The van der Waals surface area contributed by atoms with E-state index in [0.717, 1.165) is 30.6 Å². The first-order valence-electron chi connectivity index (χ1n) is 6.25. The predicted octanol–water partition coefficient (Wildman–Crippen LogP) is 3.87. The lowest BCUT2D eigenvalue weighted by Gasteiger charge is -2.15. The van der Waals surface area contributed by atoms with Crippen molar-refractivity contribution in [1.82, 2.24) is 9.55 Å². The van der Waals surface area contributed by atoms with Crippen LogP contribution in [0, 0.1) is 20.1 Å². The highest BCUT2D eigenvalue weighted by molar-refractivity contribution is 14.1. The van der Waals surface area contributed by atoms with E-state index in [-0.39, 0.29) is 11.9 Å². The summed E-state index contributed by atoms with van der Waals surface area (Å²) in [5.74, 6) is 0.236. The largest absolute Gasteiger partial charge is 0.378 e. The Morgan fingerprint density at radius 2 is 2.37 bits per heavy atom. The molecule has 6 heteroatoms. The third kappa shape index (κ3) is 2.45. The summed E-state index contributed by atoms with van der Waals surface area (Å²) in [4.78, 5) is 3.15. The normalized spacial score (nSPS) is 23.3. The van der Waals surface area contributed by atoms with Gasteiger partial charge < -0.3 is 14.3 Å². The molecule has 0 saturated carbocycles. The minimum Gasteiger partial charge on any atom is -0.378 e. The summed E-state index contributed by atoms with van der Waals surface area (Å²) in [6.45, 7) is 3.66. The number of rotatable bonds is 2. The van der Waals surface area contributed by atoms with Crippen molar-refractivity contribution in [3.63, 3.8) is 0 Å². The van der Waals surface area contributed by atoms with Gasteiger partial charge in [0, 0.05) is 25.1 Å². The summed E-state index contributed by atoms with van der Waals surface area (Å²) in [5, 5.41) is 0. The van der Waals surface area contributed by atoms with Gasteiger partial charge in [-0.15, -0.1) is 0 Å². The monoisotopic (exact) mass is 392 g/mol. The van der Waals surface area contributed by atoms with Crippen LogP contribution in [-0.2, 0) is 11.3 Å². The number of aromatic nitrogens is 2. The Morgan fingerprint density at radius 3 is 3.05 bits per heavy atom. The van der Waals surface area contributed by atoms with Crippen molar-refractivity contribution in [2.24, 2.45) is 5.92 Å². The number of hydrogen-bond donors (Lipinski definition) is 1. The van der Waals surface area contributed by atoms with Crippen LogP contribution in [0.5, 0.6) is 0 Å². The minimum absolute atomic E-state index is 0.202. The first-order chi connectivity index (χ1) is 9.06. The summed E-state index contributed by atoms with van der Waals surface area (Å²) < 4.78 is 22.5. The molecule has 3 nitrogen and oxygen atoms in total. The van der Waals surface area contributed by atoms with Crippen molar-refractivity contribution in [1.29, 1.82) is 0 Å². The van der Waals surface area contributed by atoms with E-state index in [2.05, 4.69) is 11.9 Å². The summed E-state index contributed by atoms with van der Waals surface area (Å²) >= 11 is 7.34. The Hall–Kier alpha value is -0.470. The molecule has 3 rings (SSSR count). The number of halogens is 2. The second-order valence-electron chi connectivity index (χ2n) is 4.95. The second kappa shape index (κ2) is 5.14. The van der Waals surface area contributed by atoms with Gasteiger partial charge in [-0.2, -0.15) is 0 Å². The average Bonchev–Trinajstić information content (AvgIpc) is 2.88. The van der Waals surface area contributed by atoms with Gasteiger partial charge in [0.2, 0.25) is 0 Å². The molecule has 2 unspecified atom stereocenters. The van der Waals surface area contributed by atoms with E-state index < -0.39 is 0 Å². The van der Waals surface area contributed by atoms with E-state index in [1.807, 2.05) is 27.2 Å². The third-order valence-electron chi connectivity index (χ3n) is 3.77. The standard InChI is InChI=1S/C13H14FIN2OS/c1-7-8(2-3-18-7)6-17-12-4-9(14)10(15)5-11(12)16-13(17)19/h4-5,7-8H,2-3,6H2,1H3,(H,16,19). The lowest BCUT2D eigenvalue weighted by atomic mass is 10.0. The smallest absolute Gasteiger partial charge is 0.178 e. The Bertz CT molecular complexity index is 681. The molecule has 0 bridgehead atoms. The van der Waals surface area contributed by atoms with E-state index >= 15 is 0 Å². The molecule has 2 atom stereocenters. The van der Waals surface area contributed by atoms with E-state index in [9.17, 15) is 4.39 Å². The van der Waals surface area contributed by atoms with Crippen molar-refractivity contribution in [3.8, 4) is 0 Å². The molecule has 1 aromatic heterocycles. The van der Waals surface area contributed by atoms with Crippen molar-refractivity contribution >= 4 is 45.8 Å². The van der Waals surface area contributed by atoms with Crippen LogP contribution in [0.3, 0.4) is 0 Å². The fraction of sp³-hybridized carbons (Fsp3) is 0.462. The van der Waals surface area contributed by atoms with Crippen LogP contribution in [0.2, 0.25) is 0 Å². The number of H-pyrrole nitrogens is 1. The number of ether oxygens (including phenoxy) is 1. The zero-order valence-electron chi connectivity index (χ0n) is 10.5. The molecule has 1 saturated heterocycles. The number of aromatic amines is 1. The van der Waals surface area contributed by atoms with E-state index in [1.165, 1.54) is 0 Å². The molecule has 1 aliphatic rings. The maximum atomic E-state index is 13.7. The number of nitrogens with one attached hydrogen (secondary N) is 1. The molecule has 2 heterocycles. The fourth-order valence-electron chi connectivity index (χ4n) is 2.58. The molecule has 1 aliphatic heterocycles. The van der Waals surface area contributed by atoms with Crippen molar-refractivity contribution in [2.45, 2.75) is 26.0 Å². The maximum absolute atomic E-state index is 13.7. The zero-order chi connectivity index (χ0) is 13.6. The van der Waals surface area contributed by atoms with E-state index in [0.29, 0.717) is 14.3 Å². The Morgan fingerprint density at radius 1 is 1.58 bits per heavy atom.